The third kappa shape index (κ3) is 3.60. The van der Waals surface area contributed by atoms with Crippen LogP contribution in [-0.2, 0) is 21.2 Å². The summed E-state index contributed by atoms with van der Waals surface area (Å²) < 4.78 is 25.4. The van der Waals surface area contributed by atoms with Crippen LogP contribution in [0.3, 0.4) is 0 Å². The number of rotatable bonds is 4. The summed E-state index contributed by atoms with van der Waals surface area (Å²) in [7, 11) is -3.71. The molecule has 1 N–H and O–H groups in total. The van der Waals surface area contributed by atoms with Crippen molar-refractivity contribution >= 4 is 33.2 Å². The van der Waals surface area contributed by atoms with Gasteiger partial charge in [-0.1, -0.05) is 38.1 Å². The first kappa shape index (κ1) is 19.1. The van der Waals surface area contributed by atoms with Gasteiger partial charge >= 0.3 is 0 Å². The van der Waals surface area contributed by atoms with Gasteiger partial charge in [0.2, 0.25) is 15.9 Å². The second-order valence-electron chi connectivity index (χ2n) is 6.75. The van der Waals surface area contributed by atoms with E-state index in [1.54, 1.807) is 19.1 Å². The molecule has 142 valence electrons. The quantitative estimate of drug-likeness (QED) is 0.875. The number of hydrogen-bond acceptors (Lipinski definition) is 4. The van der Waals surface area contributed by atoms with Crippen LogP contribution in [0.15, 0.2) is 42.5 Å². The highest BCUT2D eigenvalue weighted by molar-refractivity contribution is 7.94. The van der Waals surface area contributed by atoms with Crippen molar-refractivity contribution in [2.45, 2.75) is 27.2 Å². The number of nitrogens with one attached hydrogen (secondary N) is 1. The fraction of sp³-hybridized carbons (Fsp3) is 0.300. The number of amides is 2. The molecular weight excluding hydrogens is 364 g/mol. The van der Waals surface area contributed by atoms with Gasteiger partial charge in [-0.25, -0.2) is 12.7 Å². The first-order chi connectivity index (χ1) is 12.7. The molecule has 27 heavy (non-hydrogen) atoms. The number of carbonyl (C=O) groups is 2. The largest absolute Gasteiger partial charge is 0.321 e. The highest BCUT2D eigenvalue weighted by atomic mass is 32.2. The minimum Gasteiger partial charge on any atom is -0.321 e. The van der Waals surface area contributed by atoms with Gasteiger partial charge in [-0.2, -0.15) is 0 Å². The lowest BCUT2D eigenvalue weighted by atomic mass is 10.1. The van der Waals surface area contributed by atoms with Crippen LogP contribution in [0, 0.1) is 12.8 Å². The van der Waals surface area contributed by atoms with E-state index in [1.807, 2.05) is 32.0 Å². The van der Waals surface area contributed by atoms with Crippen LogP contribution in [0.2, 0.25) is 0 Å². The summed E-state index contributed by atoms with van der Waals surface area (Å²) in [6.45, 7) is 5.51. The van der Waals surface area contributed by atoms with Gasteiger partial charge < -0.3 is 5.32 Å². The number of hydrogen-bond donors (Lipinski definition) is 1. The molecule has 2 aromatic rings. The molecule has 0 unspecified atom stereocenters. The van der Waals surface area contributed by atoms with Crippen molar-refractivity contribution in [2.75, 3.05) is 15.4 Å². The summed E-state index contributed by atoms with van der Waals surface area (Å²) in [5.41, 5.74) is 3.21. The van der Waals surface area contributed by atoms with Gasteiger partial charge in [0.25, 0.3) is 5.91 Å². The van der Waals surface area contributed by atoms with Crippen molar-refractivity contribution in [1.82, 2.24) is 0 Å². The monoisotopic (exact) mass is 386 g/mol. The van der Waals surface area contributed by atoms with Crippen molar-refractivity contribution in [1.29, 1.82) is 0 Å². The number of nitrogens with zero attached hydrogens (tertiary/aromatic N) is 1. The molecule has 1 fully saturated rings. The van der Waals surface area contributed by atoms with Gasteiger partial charge in [-0.3, -0.25) is 9.59 Å². The van der Waals surface area contributed by atoms with Crippen LogP contribution in [-0.4, -0.2) is 26.0 Å². The fourth-order valence-corrected chi connectivity index (χ4v) is 5.06. The van der Waals surface area contributed by atoms with Crippen molar-refractivity contribution in [2.24, 2.45) is 5.92 Å². The van der Waals surface area contributed by atoms with Crippen LogP contribution in [0.4, 0.5) is 11.4 Å². The maximum absolute atomic E-state index is 12.7. The van der Waals surface area contributed by atoms with Crippen molar-refractivity contribution in [3.8, 4) is 0 Å². The molecule has 6 nitrogen and oxygen atoms in total. The Morgan fingerprint density at radius 1 is 1.22 bits per heavy atom. The molecule has 0 radical (unpaired) electrons. The number of carbonyl (C=O) groups excluding carboxylic acids is 2. The van der Waals surface area contributed by atoms with Gasteiger partial charge in [-0.05, 0) is 42.7 Å². The third-order valence-electron chi connectivity index (χ3n) is 4.68. The Balaban J connectivity index is 1.93. The van der Waals surface area contributed by atoms with Crippen LogP contribution in [0.1, 0.15) is 35.3 Å². The predicted molar refractivity (Wildman–Crippen MR) is 105 cm³/mol. The lowest BCUT2D eigenvalue weighted by Gasteiger charge is -2.17. The highest BCUT2D eigenvalue weighted by Gasteiger charge is 2.42. The van der Waals surface area contributed by atoms with Crippen molar-refractivity contribution in [3.63, 3.8) is 0 Å². The highest BCUT2D eigenvalue weighted by Crippen LogP contribution is 2.29. The van der Waals surface area contributed by atoms with E-state index in [4.69, 9.17) is 0 Å². The molecule has 2 amide bonds. The molecule has 0 aliphatic carbocycles. The number of anilines is 2. The molecule has 2 aromatic carbocycles. The predicted octanol–water partition coefficient (Wildman–Crippen LogP) is 3.12. The van der Waals surface area contributed by atoms with Crippen LogP contribution in [0.5, 0.6) is 0 Å². The average molecular weight is 386 g/mol. The van der Waals surface area contributed by atoms with E-state index in [-0.39, 0.29) is 17.3 Å². The summed E-state index contributed by atoms with van der Waals surface area (Å²) in [5.74, 6) is -1.63. The van der Waals surface area contributed by atoms with E-state index < -0.39 is 21.8 Å². The molecule has 1 heterocycles. The number of benzene rings is 2. The molecular formula is C20H22N2O4S. The molecule has 7 heteroatoms. The summed E-state index contributed by atoms with van der Waals surface area (Å²) in [6.07, 6.45) is 0.774. The molecule has 1 aliphatic rings. The molecule has 1 aliphatic heterocycles. The molecule has 0 aromatic heterocycles. The maximum Gasteiger partial charge on any atom is 0.255 e. The van der Waals surface area contributed by atoms with Gasteiger partial charge in [0.05, 0.1) is 17.4 Å². The van der Waals surface area contributed by atoms with Gasteiger partial charge in [0, 0.05) is 11.3 Å². The maximum atomic E-state index is 12.7. The minimum absolute atomic E-state index is 0.192. The SMILES string of the molecule is CCc1cccc(C)c1NC(=O)c1cccc(N2C(=O)[C@H](C)CS2(=O)=O)c1. The van der Waals surface area contributed by atoms with E-state index in [0.717, 1.165) is 27.5 Å². The average Bonchev–Trinajstić information content (AvgIpc) is 2.83. The van der Waals surface area contributed by atoms with Gasteiger partial charge in [0.15, 0.2) is 0 Å². The first-order valence-electron chi connectivity index (χ1n) is 8.81. The van der Waals surface area contributed by atoms with E-state index >= 15 is 0 Å². The van der Waals surface area contributed by atoms with Crippen LogP contribution < -0.4 is 9.62 Å². The lowest BCUT2D eigenvalue weighted by molar-refractivity contribution is -0.119. The summed E-state index contributed by atoms with van der Waals surface area (Å²) >= 11 is 0. The second-order valence-corrected chi connectivity index (χ2v) is 8.61. The molecule has 3 rings (SSSR count). The van der Waals surface area contributed by atoms with E-state index in [1.165, 1.54) is 12.1 Å². The molecule has 0 bridgehead atoms. The Labute approximate surface area is 159 Å². The van der Waals surface area contributed by atoms with E-state index in [2.05, 4.69) is 5.32 Å². The fourth-order valence-electron chi connectivity index (χ4n) is 3.25. The smallest absolute Gasteiger partial charge is 0.255 e. The normalized spacial score (nSPS) is 18.6. The van der Waals surface area contributed by atoms with E-state index in [9.17, 15) is 18.0 Å². The van der Waals surface area contributed by atoms with E-state index in [0.29, 0.717) is 5.56 Å². The van der Waals surface area contributed by atoms with Gasteiger partial charge in [0.1, 0.15) is 0 Å². The standard InChI is InChI=1S/C20H22N2O4S/c1-4-15-8-5-7-13(2)18(15)21-19(23)16-9-6-10-17(11-16)22-20(24)14(3)12-27(22,25)26/h5-11,14H,4,12H2,1-3H3,(H,21,23)/t14-/m1/s1. The van der Waals surface area contributed by atoms with Crippen molar-refractivity contribution in [3.05, 3.63) is 59.2 Å². The first-order valence-corrected chi connectivity index (χ1v) is 10.4. The topological polar surface area (TPSA) is 83.6 Å². The Morgan fingerprint density at radius 2 is 1.93 bits per heavy atom. The zero-order valence-corrected chi connectivity index (χ0v) is 16.3. The van der Waals surface area contributed by atoms with Crippen LogP contribution >= 0.6 is 0 Å². The zero-order chi connectivity index (χ0) is 19.8. The molecule has 0 spiro atoms. The van der Waals surface area contributed by atoms with Crippen LogP contribution in [0.25, 0.3) is 0 Å². The third-order valence-corrected chi connectivity index (χ3v) is 6.55. The number of sulfonamides is 1. The summed E-state index contributed by atoms with van der Waals surface area (Å²) in [6, 6.07) is 11.9. The van der Waals surface area contributed by atoms with Gasteiger partial charge in [-0.15, -0.1) is 0 Å². The molecule has 0 saturated carbocycles. The lowest BCUT2D eigenvalue weighted by Crippen LogP contribution is -2.30. The second kappa shape index (κ2) is 7.15. The summed E-state index contributed by atoms with van der Waals surface area (Å²) in [4.78, 5) is 25.0. The Hall–Kier alpha value is -2.67. The zero-order valence-electron chi connectivity index (χ0n) is 15.5. The Kier molecular flexibility index (Phi) is 5.06. The molecule has 1 saturated heterocycles. The molecule has 1 atom stereocenters. The number of para-hydroxylation sites is 1. The Bertz CT molecular complexity index is 1010. The van der Waals surface area contributed by atoms with Crippen molar-refractivity contribution < 1.29 is 18.0 Å². The summed E-state index contributed by atoms with van der Waals surface area (Å²) in [5, 5.41) is 2.91. The number of aryl methyl sites for hydroxylation is 2. The Morgan fingerprint density at radius 3 is 2.56 bits per heavy atom. The minimum atomic E-state index is -3.71.